The van der Waals surface area contributed by atoms with Crippen molar-refractivity contribution < 1.29 is 24.5 Å². The number of carbonyl (C=O) groups is 2. The highest BCUT2D eigenvalue weighted by Gasteiger charge is 2.20. The zero-order valence-electron chi connectivity index (χ0n) is 52.5. The van der Waals surface area contributed by atoms with Gasteiger partial charge in [0.2, 0.25) is 5.91 Å². The van der Waals surface area contributed by atoms with Gasteiger partial charge in [-0.15, -0.1) is 0 Å². The van der Waals surface area contributed by atoms with E-state index in [0.717, 1.165) is 38.5 Å². The fourth-order valence-electron chi connectivity index (χ4n) is 11.4. The number of rotatable bonds is 67. The Morgan fingerprint density at radius 1 is 0.351 bits per heavy atom. The Bertz CT molecular complexity index is 1160. The largest absolute Gasteiger partial charge is 0.466 e. The van der Waals surface area contributed by atoms with Crippen LogP contribution in [0.5, 0.6) is 0 Å². The molecule has 0 aromatic rings. The Morgan fingerprint density at radius 3 is 0.922 bits per heavy atom. The minimum Gasteiger partial charge on any atom is -0.466 e. The van der Waals surface area contributed by atoms with E-state index in [1.807, 2.05) is 0 Å². The fraction of sp³-hybridized carbons (Fsp3) is 0.944. The Kier molecular flexibility index (Phi) is 65.9. The van der Waals surface area contributed by atoms with Crippen molar-refractivity contribution in [2.45, 2.75) is 418 Å². The van der Waals surface area contributed by atoms with Crippen molar-refractivity contribution in [2.24, 2.45) is 0 Å². The van der Waals surface area contributed by atoms with Crippen LogP contribution in [0.25, 0.3) is 0 Å². The number of esters is 1. The van der Waals surface area contributed by atoms with Gasteiger partial charge >= 0.3 is 5.97 Å². The lowest BCUT2D eigenvalue weighted by atomic mass is 10.0. The van der Waals surface area contributed by atoms with E-state index in [2.05, 4.69) is 31.3 Å². The second kappa shape index (κ2) is 67.1. The molecular weight excluding hydrogens is 947 g/mol. The molecule has 0 rings (SSSR count). The first kappa shape index (κ1) is 75.6. The minimum absolute atomic E-state index is 0.0168. The predicted octanol–water partition coefficient (Wildman–Crippen LogP) is 22.8. The smallest absolute Gasteiger partial charge is 0.305 e. The van der Waals surface area contributed by atoms with Crippen molar-refractivity contribution in [3.8, 4) is 0 Å². The lowest BCUT2D eigenvalue weighted by molar-refractivity contribution is -0.143. The summed E-state index contributed by atoms with van der Waals surface area (Å²) in [5.41, 5.74) is 0. The number of carbonyl (C=O) groups excluding carboxylic acids is 2. The van der Waals surface area contributed by atoms with Gasteiger partial charge in [0.1, 0.15) is 0 Å². The molecule has 2 atom stereocenters. The van der Waals surface area contributed by atoms with Crippen molar-refractivity contribution in [3.63, 3.8) is 0 Å². The number of allylic oxidation sites excluding steroid dienone is 2. The SMILES string of the molecule is CCCCCCCCCCCCCCCCCCCCCCCC(O)C(CO)NC(=O)CCCCCCCCCCCCC/C=C\CCCCCCCCCCCCCCOC(=O)CCCCCCCCCCCCCC. The summed E-state index contributed by atoms with van der Waals surface area (Å²) in [7, 11) is 0. The summed E-state index contributed by atoms with van der Waals surface area (Å²) in [6.45, 7) is 4.99. The predicted molar refractivity (Wildman–Crippen MR) is 338 cm³/mol. The van der Waals surface area contributed by atoms with Crippen molar-refractivity contribution in [3.05, 3.63) is 12.2 Å². The maximum absolute atomic E-state index is 12.5. The van der Waals surface area contributed by atoms with E-state index >= 15 is 0 Å². The van der Waals surface area contributed by atoms with Gasteiger partial charge in [0, 0.05) is 12.8 Å². The van der Waals surface area contributed by atoms with E-state index in [4.69, 9.17) is 4.74 Å². The first-order chi connectivity index (χ1) is 38.0. The van der Waals surface area contributed by atoms with Crippen LogP contribution in [0, 0.1) is 0 Å². The summed E-state index contributed by atoms with van der Waals surface area (Å²) in [6, 6.07) is -0.542. The third-order valence-electron chi connectivity index (χ3n) is 16.8. The van der Waals surface area contributed by atoms with E-state index in [1.165, 1.54) is 334 Å². The van der Waals surface area contributed by atoms with Crippen LogP contribution in [0.1, 0.15) is 406 Å². The number of aliphatic hydroxyl groups excluding tert-OH is 2. The maximum Gasteiger partial charge on any atom is 0.305 e. The third-order valence-corrected chi connectivity index (χ3v) is 16.8. The molecule has 0 aliphatic rings. The molecule has 0 radical (unpaired) electrons. The zero-order valence-corrected chi connectivity index (χ0v) is 52.5. The van der Waals surface area contributed by atoms with Gasteiger partial charge in [0.05, 0.1) is 25.4 Å². The molecule has 0 heterocycles. The molecule has 1 amide bonds. The maximum atomic E-state index is 12.5. The van der Waals surface area contributed by atoms with Crippen LogP contribution in [0.15, 0.2) is 12.2 Å². The molecule has 0 bridgehead atoms. The van der Waals surface area contributed by atoms with Crippen LogP contribution in [0.2, 0.25) is 0 Å². The number of ether oxygens (including phenoxy) is 1. The number of hydrogen-bond donors (Lipinski definition) is 3. The first-order valence-corrected chi connectivity index (χ1v) is 35.4. The van der Waals surface area contributed by atoms with Gasteiger partial charge in [-0.25, -0.2) is 0 Å². The van der Waals surface area contributed by atoms with Gasteiger partial charge in [-0.05, 0) is 51.4 Å². The number of hydrogen-bond acceptors (Lipinski definition) is 5. The summed E-state index contributed by atoms with van der Waals surface area (Å²) >= 11 is 0. The molecule has 0 aromatic heterocycles. The third kappa shape index (κ3) is 63.6. The summed E-state index contributed by atoms with van der Waals surface area (Å²) in [4.78, 5) is 24.6. The van der Waals surface area contributed by atoms with Gasteiger partial charge in [-0.1, -0.05) is 353 Å². The molecular formula is C71H139NO5. The molecule has 6 heteroatoms. The highest BCUT2D eigenvalue weighted by atomic mass is 16.5. The number of unbranched alkanes of at least 4 members (excludes halogenated alkanes) is 54. The van der Waals surface area contributed by atoms with Crippen molar-refractivity contribution in [1.29, 1.82) is 0 Å². The number of aliphatic hydroxyl groups is 2. The summed E-state index contributed by atoms with van der Waals surface area (Å²) in [5.74, 6) is -0.0141. The monoisotopic (exact) mass is 1090 g/mol. The van der Waals surface area contributed by atoms with Gasteiger partial charge in [-0.3, -0.25) is 9.59 Å². The van der Waals surface area contributed by atoms with Crippen molar-refractivity contribution in [1.82, 2.24) is 5.32 Å². The summed E-state index contributed by atoms with van der Waals surface area (Å²) in [5, 5.41) is 23.4. The second-order valence-electron chi connectivity index (χ2n) is 24.6. The molecule has 3 N–H and O–H groups in total. The van der Waals surface area contributed by atoms with Gasteiger partial charge < -0.3 is 20.3 Å². The molecule has 6 nitrogen and oxygen atoms in total. The first-order valence-electron chi connectivity index (χ1n) is 35.4. The van der Waals surface area contributed by atoms with E-state index in [1.54, 1.807) is 0 Å². The van der Waals surface area contributed by atoms with Crippen LogP contribution >= 0.6 is 0 Å². The van der Waals surface area contributed by atoms with E-state index in [9.17, 15) is 19.8 Å². The van der Waals surface area contributed by atoms with Crippen LogP contribution in [-0.2, 0) is 14.3 Å². The Balaban J connectivity index is 3.38. The van der Waals surface area contributed by atoms with Crippen LogP contribution in [0.4, 0.5) is 0 Å². The average molecular weight is 1090 g/mol. The quantitative estimate of drug-likeness (QED) is 0.0320. The van der Waals surface area contributed by atoms with E-state index in [-0.39, 0.29) is 18.5 Å². The number of nitrogens with one attached hydrogen (secondary N) is 1. The fourth-order valence-corrected chi connectivity index (χ4v) is 11.4. The van der Waals surface area contributed by atoms with Crippen LogP contribution < -0.4 is 5.32 Å². The van der Waals surface area contributed by atoms with Crippen LogP contribution in [0.3, 0.4) is 0 Å². The van der Waals surface area contributed by atoms with E-state index in [0.29, 0.717) is 25.9 Å². The normalized spacial score (nSPS) is 12.5. The van der Waals surface area contributed by atoms with Gasteiger partial charge in [0.15, 0.2) is 0 Å². The Labute approximate surface area is 482 Å². The lowest BCUT2D eigenvalue weighted by Crippen LogP contribution is -2.45. The van der Waals surface area contributed by atoms with Crippen molar-refractivity contribution in [2.75, 3.05) is 13.2 Å². The lowest BCUT2D eigenvalue weighted by Gasteiger charge is -2.22. The molecule has 0 aromatic carbocycles. The zero-order chi connectivity index (χ0) is 55.7. The standard InChI is InChI=1S/C71H139NO5/c1-3-5-7-9-11-13-15-17-18-19-20-28-31-34-37-40-43-47-51-55-59-63-69(74)68(67-73)72-70(75)64-60-56-52-48-44-41-38-35-32-29-26-24-22-21-23-25-27-30-33-36-39-42-46-50-54-58-62-66-77-71(76)65-61-57-53-49-45-16-14-12-10-8-6-4-2/h21-22,68-69,73-74H,3-20,23-67H2,1-2H3,(H,72,75)/b22-21-. The molecule has 0 spiro atoms. The second-order valence-corrected chi connectivity index (χ2v) is 24.6. The highest BCUT2D eigenvalue weighted by molar-refractivity contribution is 5.76. The molecule has 0 fully saturated rings. The molecule has 0 saturated heterocycles. The summed E-state index contributed by atoms with van der Waals surface area (Å²) < 4.78 is 5.48. The van der Waals surface area contributed by atoms with Gasteiger partial charge in [0.25, 0.3) is 0 Å². The van der Waals surface area contributed by atoms with Crippen molar-refractivity contribution >= 4 is 11.9 Å². The summed E-state index contributed by atoms with van der Waals surface area (Å²) in [6.07, 6.45) is 82.6. The molecule has 0 aliphatic heterocycles. The molecule has 0 aliphatic carbocycles. The van der Waals surface area contributed by atoms with Crippen LogP contribution in [-0.4, -0.2) is 47.4 Å². The Morgan fingerprint density at radius 2 is 0.610 bits per heavy atom. The Hall–Kier alpha value is -1.40. The highest BCUT2D eigenvalue weighted by Crippen LogP contribution is 2.19. The average Bonchev–Trinajstić information content (AvgIpc) is 3.43. The topological polar surface area (TPSA) is 95.9 Å². The molecule has 77 heavy (non-hydrogen) atoms. The molecule has 458 valence electrons. The molecule has 0 saturated carbocycles. The number of amides is 1. The minimum atomic E-state index is -0.665. The molecule has 2 unspecified atom stereocenters. The van der Waals surface area contributed by atoms with E-state index < -0.39 is 12.1 Å². The van der Waals surface area contributed by atoms with Gasteiger partial charge in [-0.2, -0.15) is 0 Å².